The maximum Gasteiger partial charge on any atom is 0.408 e. The van der Waals surface area contributed by atoms with Crippen LogP contribution in [0.4, 0.5) is 4.79 Å². The lowest BCUT2D eigenvalue weighted by Crippen LogP contribution is -2.69. The zero-order valence-electron chi connectivity index (χ0n) is 19.6. The van der Waals surface area contributed by atoms with Crippen molar-refractivity contribution in [2.45, 2.75) is 71.3 Å². The van der Waals surface area contributed by atoms with E-state index in [1.807, 2.05) is 43.3 Å². The molecule has 0 spiro atoms. The second-order valence-electron chi connectivity index (χ2n) is 9.79. The molecule has 0 bridgehead atoms. The molecule has 31 heavy (non-hydrogen) atoms. The summed E-state index contributed by atoms with van der Waals surface area (Å²) in [6.45, 7) is 13.7. The van der Waals surface area contributed by atoms with E-state index in [4.69, 9.17) is 9.16 Å². The fraction of sp³-hybridized carbons (Fsp3) is 0.440. The van der Waals surface area contributed by atoms with E-state index in [0.29, 0.717) is 6.29 Å². The standard InChI is InChI=1S/C25H35NO4Si/c1-19(22(18-27)26-23(28)29-24(2,3)4)30-31(25(5,6)7,20-14-10-8-11-15-20)21-16-12-9-13-17-21/h8-19,22H,1-7H3,(H,26,28)/t19-,22-/m1/s1. The largest absolute Gasteiger partial charge is 0.444 e. The molecule has 2 aromatic rings. The number of amides is 1. The van der Waals surface area contributed by atoms with Gasteiger partial charge in [-0.3, -0.25) is 0 Å². The fourth-order valence-corrected chi connectivity index (χ4v) is 8.47. The third-order valence-corrected chi connectivity index (χ3v) is 10.2. The zero-order chi connectivity index (χ0) is 23.3. The number of alkyl carbamates (subject to hydrolysis) is 1. The van der Waals surface area contributed by atoms with E-state index < -0.39 is 32.2 Å². The van der Waals surface area contributed by atoms with Crippen LogP contribution in [0.1, 0.15) is 48.5 Å². The quantitative estimate of drug-likeness (QED) is 0.520. The minimum Gasteiger partial charge on any atom is -0.444 e. The first-order valence-electron chi connectivity index (χ1n) is 10.6. The van der Waals surface area contributed by atoms with Gasteiger partial charge in [0.25, 0.3) is 8.32 Å². The third kappa shape index (κ3) is 6.05. The highest BCUT2D eigenvalue weighted by Crippen LogP contribution is 2.37. The summed E-state index contributed by atoms with van der Waals surface area (Å²) in [4.78, 5) is 24.2. The molecule has 0 aliphatic heterocycles. The lowest BCUT2D eigenvalue weighted by Gasteiger charge is -2.45. The number of carbonyl (C=O) groups is 2. The van der Waals surface area contributed by atoms with Crippen LogP contribution in [0.5, 0.6) is 0 Å². The summed E-state index contributed by atoms with van der Waals surface area (Å²) in [7, 11) is -2.84. The minimum atomic E-state index is -2.84. The van der Waals surface area contributed by atoms with Gasteiger partial charge >= 0.3 is 6.09 Å². The van der Waals surface area contributed by atoms with E-state index >= 15 is 0 Å². The molecule has 6 heteroatoms. The van der Waals surface area contributed by atoms with E-state index in [-0.39, 0.29) is 5.04 Å². The molecule has 0 radical (unpaired) electrons. The normalized spacial score (nSPS) is 14.4. The van der Waals surface area contributed by atoms with Gasteiger partial charge < -0.3 is 19.3 Å². The SMILES string of the molecule is C[C@@H](O[Si](c1ccccc1)(c1ccccc1)C(C)(C)C)[C@@H](C=O)NC(=O)OC(C)(C)C. The van der Waals surface area contributed by atoms with Crippen LogP contribution in [-0.4, -0.2) is 38.4 Å². The summed E-state index contributed by atoms with van der Waals surface area (Å²) in [5, 5.41) is 4.66. The molecule has 0 aromatic heterocycles. The topological polar surface area (TPSA) is 64.6 Å². The first-order valence-corrected chi connectivity index (χ1v) is 12.6. The van der Waals surface area contributed by atoms with Crippen LogP contribution in [0, 0.1) is 0 Å². The molecular formula is C25H35NO4Si. The maximum atomic E-state index is 12.3. The Kier molecular flexibility index (Phi) is 7.84. The predicted octanol–water partition coefficient (Wildman–Crippen LogP) is 4.04. The van der Waals surface area contributed by atoms with Crippen molar-refractivity contribution in [1.29, 1.82) is 0 Å². The van der Waals surface area contributed by atoms with E-state index in [9.17, 15) is 9.59 Å². The van der Waals surface area contributed by atoms with Crippen molar-refractivity contribution in [3.05, 3.63) is 60.7 Å². The van der Waals surface area contributed by atoms with Crippen LogP contribution in [0.25, 0.3) is 0 Å². The van der Waals surface area contributed by atoms with Gasteiger partial charge in [0, 0.05) is 0 Å². The van der Waals surface area contributed by atoms with Crippen molar-refractivity contribution in [3.63, 3.8) is 0 Å². The van der Waals surface area contributed by atoms with Crippen molar-refractivity contribution in [3.8, 4) is 0 Å². The minimum absolute atomic E-state index is 0.233. The van der Waals surface area contributed by atoms with Crippen LogP contribution in [-0.2, 0) is 14.0 Å². The lowest BCUT2D eigenvalue weighted by molar-refractivity contribution is -0.111. The number of aldehydes is 1. The zero-order valence-corrected chi connectivity index (χ0v) is 20.6. The Labute approximate surface area is 187 Å². The molecule has 2 rings (SSSR count). The first kappa shape index (κ1) is 24.8. The number of benzene rings is 2. The number of nitrogens with one attached hydrogen (secondary N) is 1. The van der Waals surface area contributed by atoms with Crippen molar-refractivity contribution in [1.82, 2.24) is 5.32 Å². The number of ether oxygens (including phenoxy) is 1. The Morgan fingerprint density at radius 1 is 0.903 bits per heavy atom. The van der Waals surface area contributed by atoms with E-state index in [0.717, 1.165) is 10.4 Å². The Morgan fingerprint density at radius 3 is 1.71 bits per heavy atom. The number of rotatable bonds is 7. The average molecular weight is 442 g/mol. The molecule has 0 saturated heterocycles. The molecule has 1 N–H and O–H groups in total. The number of hydrogen-bond acceptors (Lipinski definition) is 4. The van der Waals surface area contributed by atoms with Gasteiger partial charge in [-0.2, -0.15) is 0 Å². The smallest absolute Gasteiger partial charge is 0.408 e. The molecule has 5 nitrogen and oxygen atoms in total. The second kappa shape index (κ2) is 9.79. The van der Waals surface area contributed by atoms with Crippen LogP contribution in [0.3, 0.4) is 0 Å². The van der Waals surface area contributed by atoms with Gasteiger partial charge in [0.1, 0.15) is 17.9 Å². The maximum absolute atomic E-state index is 12.3. The highest BCUT2D eigenvalue weighted by atomic mass is 28.4. The van der Waals surface area contributed by atoms with E-state index in [2.05, 4.69) is 50.4 Å². The predicted molar refractivity (Wildman–Crippen MR) is 127 cm³/mol. The molecule has 168 valence electrons. The molecule has 1 amide bonds. The molecule has 2 atom stereocenters. The lowest BCUT2D eigenvalue weighted by atomic mass is 10.2. The van der Waals surface area contributed by atoms with Crippen LogP contribution in [0.15, 0.2) is 60.7 Å². The fourth-order valence-electron chi connectivity index (χ4n) is 3.75. The highest BCUT2D eigenvalue weighted by Gasteiger charge is 2.51. The Bertz CT molecular complexity index is 817. The molecule has 0 saturated carbocycles. The molecule has 0 heterocycles. The Hall–Kier alpha value is -2.44. The van der Waals surface area contributed by atoms with Crippen LogP contribution in [0.2, 0.25) is 5.04 Å². The number of hydrogen-bond donors (Lipinski definition) is 1. The van der Waals surface area contributed by atoms with Crippen molar-refractivity contribution >= 4 is 31.1 Å². The average Bonchev–Trinajstić information content (AvgIpc) is 2.69. The summed E-state index contributed by atoms with van der Waals surface area (Å²) >= 11 is 0. The van der Waals surface area contributed by atoms with E-state index in [1.54, 1.807) is 20.8 Å². The summed E-state index contributed by atoms with van der Waals surface area (Å²) in [5.41, 5.74) is -0.653. The van der Waals surface area contributed by atoms with Gasteiger partial charge in [-0.05, 0) is 43.1 Å². The van der Waals surface area contributed by atoms with Gasteiger partial charge in [-0.1, -0.05) is 81.4 Å². The van der Waals surface area contributed by atoms with Crippen molar-refractivity contribution in [2.75, 3.05) is 0 Å². The summed E-state index contributed by atoms with van der Waals surface area (Å²) in [6, 6.07) is 19.5. The van der Waals surface area contributed by atoms with Gasteiger partial charge in [-0.25, -0.2) is 4.79 Å². The highest BCUT2D eigenvalue weighted by molar-refractivity contribution is 6.99. The van der Waals surface area contributed by atoms with Gasteiger partial charge in [-0.15, -0.1) is 0 Å². The molecule has 2 aromatic carbocycles. The van der Waals surface area contributed by atoms with Crippen LogP contribution >= 0.6 is 0 Å². The van der Waals surface area contributed by atoms with Crippen LogP contribution < -0.4 is 15.7 Å². The molecular weight excluding hydrogens is 406 g/mol. The summed E-state index contributed by atoms with van der Waals surface area (Å²) in [5.74, 6) is 0. The van der Waals surface area contributed by atoms with Gasteiger partial charge in [0.15, 0.2) is 0 Å². The van der Waals surface area contributed by atoms with E-state index in [1.165, 1.54) is 0 Å². The Morgan fingerprint density at radius 2 is 1.35 bits per heavy atom. The molecule has 0 fully saturated rings. The van der Waals surface area contributed by atoms with Crippen molar-refractivity contribution in [2.24, 2.45) is 0 Å². The second-order valence-corrected chi connectivity index (χ2v) is 14.0. The third-order valence-electron chi connectivity index (χ3n) is 5.12. The molecule has 0 unspecified atom stereocenters. The first-order chi connectivity index (χ1) is 14.4. The number of carbonyl (C=O) groups excluding carboxylic acids is 2. The molecule has 0 aliphatic rings. The van der Waals surface area contributed by atoms with Crippen molar-refractivity contribution < 1.29 is 18.8 Å². The monoisotopic (exact) mass is 441 g/mol. The molecule has 0 aliphatic carbocycles. The summed E-state index contributed by atoms with van der Waals surface area (Å²) in [6.07, 6.45) is -0.481. The Balaban J connectivity index is 2.48. The van der Waals surface area contributed by atoms with Gasteiger partial charge in [0.2, 0.25) is 0 Å². The summed E-state index contributed by atoms with van der Waals surface area (Å²) < 4.78 is 12.2. The van der Waals surface area contributed by atoms with Gasteiger partial charge in [0.05, 0.1) is 6.10 Å².